The summed E-state index contributed by atoms with van der Waals surface area (Å²) < 4.78 is 45.8. The van der Waals surface area contributed by atoms with Crippen LogP contribution in [-0.2, 0) is 10.0 Å². The topological polar surface area (TPSA) is 87.9 Å². The van der Waals surface area contributed by atoms with E-state index in [1.54, 1.807) is 18.2 Å². The van der Waals surface area contributed by atoms with Crippen LogP contribution >= 0.6 is 11.6 Å². The number of halogens is 2. The van der Waals surface area contributed by atoms with Gasteiger partial charge in [0.25, 0.3) is 5.91 Å². The first kappa shape index (κ1) is 21.5. The fourth-order valence-electron chi connectivity index (χ4n) is 3.45. The minimum absolute atomic E-state index is 0.0417. The van der Waals surface area contributed by atoms with Crippen LogP contribution < -0.4 is 5.43 Å². The molecule has 0 bridgehead atoms. The van der Waals surface area contributed by atoms with Crippen molar-refractivity contribution in [2.75, 3.05) is 26.2 Å². The van der Waals surface area contributed by atoms with Crippen molar-refractivity contribution >= 4 is 38.5 Å². The van der Waals surface area contributed by atoms with Crippen LogP contribution in [0.5, 0.6) is 0 Å². The van der Waals surface area contributed by atoms with Gasteiger partial charge in [0, 0.05) is 32.2 Å². The third-order valence-electron chi connectivity index (χ3n) is 5.15. The molecule has 0 radical (unpaired) electrons. The standard InChI is InChI=1S/C21H18ClFN2O5S/c1-13-2-5-19-15(10-13)18(26)12-20(30-19)21(27)24-6-8-25(9-7-24)31(28,29)14-3-4-17(23)16(22)11-14/h2-5,10-12H,6-9H2,1H3. The number of nitrogens with zero attached hydrogens (tertiary/aromatic N) is 2. The summed E-state index contributed by atoms with van der Waals surface area (Å²) in [6.45, 7) is 2.16. The van der Waals surface area contributed by atoms with Crippen LogP contribution in [0, 0.1) is 12.7 Å². The summed E-state index contributed by atoms with van der Waals surface area (Å²) in [5, 5.41) is 0.113. The lowest BCUT2D eigenvalue weighted by Gasteiger charge is -2.33. The largest absolute Gasteiger partial charge is 0.451 e. The Morgan fingerprint density at radius 3 is 2.45 bits per heavy atom. The van der Waals surface area contributed by atoms with Gasteiger partial charge in [-0.15, -0.1) is 0 Å². The molecule has 0 atom stereocenters. The van der Waals surface area contributed by atoms with Crippen molar-refractivity contribution in [1.29, 1.82) is 0 Å². The molecule has 1 aliphatic heterocycles. The number of piperazine rings is 1. The maximum Gasteiger partial charge on any atom is 0.289 e. The van der Waals surface area contributed by atoms with E-state index in [9.17, 15) is 22.4 Å². The number of amides is 1. The van der Waals surface area contributed by atoms with Crippen LogP contribution in [0.2, 0.25) is 5.02 Å². The van der Waals surface area contributed by atoms with Gasteiger partial charge in [-0.05, 0) is 37.3 Å². The predicted octanol–water partition coefficient (Wildman–Crippen LogP) is 3.04. The summed E-state index contributed by atoms with van der Waals surface area (Å²) in [7, 11) is -3.88. The summed E-state index contributed by atoms with van der Waals surface area (Å²) in [6, 6.07) is 9.49. The van der Waals surface area contributed by atoms with Crippen molar-refractivity contribution in [2.45, 2.75) is 11.8 Å². The molecule has 4 rings (SSSR count). The number of carbonyl (C=O) groups excluding carboxylic acids is 1. The van der Waals surface area contributed by atoms with Crippen molar-refractivity contribution in [3.05, 3.63) is 74.9 Å². The van der Waals surface area contributed by atoms with Crippen molar-refractivity contribution in [3.63, 3.8) is 0 Å². The third-order valence-corrected chi connectivity index (χ3v) is 7.33. The highest BCUT2D eigenvalue weighted by molar-refractivity contribution is 7.89. The van der Waals surface area contributed by atoms with Gasteiger partial charge >= 0.3 is 0 Å². The third kappa shape index (κ3) is 4.08. The Hall–Kier alpha value is -2.75. The Morgan fingerprint density at radius 2 is 1.77 bits per heavy atom. The Bertz CT molecular complexity index is 1350. The van der Waals surface area contributed by atoms with E-state index in [0.717, 1.165) is 29.8 Å². The maximum atomic E-state index is 13.4. The van der Waals surface area contributed by atoms with E-state index >= 15 is 0 Å². The van der Waals surface area contributed by atoms with Crippen LogP contribution in [0.3, 0.4) is 0 Å². The number of aryl methyl sites for hydroxylation is 1. The van der Waals surface area contributed by atoms with Gasteiger partial charge < -0.3 is 9.32 Å². The second kappa shape index (κ2) is 8.07. The highest BCUT2D eigenvalue weighted by atomic mass is 35.5. The van der Waals surface area contributed by atoms with Gasteiger partial charge in [-0.3, -0.25) is 9.59 Å². The van der Waals surface area contributed by atoms with E-state index in [4.69, 9.17) is 16.0 Å². The minimum Gasteiger partial charge on any atom is -0.451 e. The Kier molecular flexibility index (Phi) is 5.59. The van der Waals surface area contributed by atoms with Gasteiger partial charge in [-0.1, -0.05) is 23.2 Å². The summed E-state index contributed by atoms with van der Waals surface area (Å²) in [5.41, 5.74) is 0.900. The van der Waals surface area contributed by atoms with E-state index in [-0.39, 0.29) is 47.3 Å². The molecule has 0 unspecified atom stereocenters. The maximum absolute atomic E-state index is 13.4. The molecule has 31 heavy (non-hydrogen) atoms. The lowest BCUT2D eigenvalue weighted by atomic mass is 10.1. The number of rotatable bonds is 3. The van der Waals surface area contributed by atoms with Gasteiger partial charge in [-0.2, -0.15) is 4.31 Å². The predicted molar refractivity (Wildman–Crippen MR) is 113 cm³/mol. The fourth-order valence-corrected chi connectivity index (χ4v) is 5.14. The Morgan fingerprint density at radius 1 is 1.06 bits per heavy atom. The van der Waals surface area contributed by atoms with Gasteiger partial charge in [0.1, 0.15) is 11.4 Å². The molecule has 162 valence electrons. The zero-order valence-corrected chi connectivity index (χ0v) is 18.0. The molecular weight excluding hydrogens is 447 g/mol. The average molecular weight is 465 g/mol. The van der Waals surface area contributed by atoms with Crippen LogP contribution in [0.15, 0.2) is 56.6 Å². The normalized spacial score (nSPS) is 15.4. The monoisotopic (exact) mass is 464 g/mol. The highest BCUT2D eigenvalue weighted by Gasteiger charge is 2.31. The van der Waals surface area contributed by atoms with Crippen LogP contribution in [-0.4, -0.2) is 49.7 Å². The molecule has 0 saturated carbocycles. The Labute approximate surface area is 182 Å². The molecule has 1 amide bonds. The van der Waals surface area contributed by atoms with Crippen LogP contribution in [0.4, 0.5) is 4.39 Å². The smallest absolute Gasteiger partial charge is 0.289 e. The molecule has 3 aromatic rings. The lowest BCUT2D eigenvalue weighted by molar-refractivity contribution is 0.0666. The summed E-state index contributed by atoms with van der Waals surface area (Å²) >= 11 is 5.71. The van der Waals surface area contributed by atoms with Crippen LogP contribution in [0.1, 0.15) is 16.1 Å². The van der Waals surface area contributed by atoms with Crippen molar-refractivity contribution in [2.24, 2.45) is 0 Å². The van der Waals surface area contributed by atoms with Crippen LogP contribution in [0.25, 0.3) is 11.0 Å². The van der Waals surface area contributed by atoms with Gasteiger partial charge in [0.15, 0.2) is 11.2 Å². The molecule has 0 N–H and O–H groups in total. The number of carbonyl (C=O) groups is 1. The molecule has 0 spiro atoms. The zero-order chi connectivity index (χ0) is 22.3. The summed E-state index contributed by atoms with van der Waals surface area (Å²) in [5.74, 6) is -1.28. The summed E-state index contributed by atoms with van der Waals surface area (Å²) in [4.78, 5) is 26.5. The molecule has 7 nitrogen and oxygen atoms in total. The highest BCUT2D eigenvalue weighted by Crippen LogP contribution is 2.24. The molecule has 1 saturated heterocycles. The first-order valence-electron chi connectivity index (χ1n) is 9.46. The van der Waals surface area contributed by atoms with E-state index in [0.29, 0.717) is 11.0 Å². The molecule has 1 aliphatic rings. The first-order valence-corrected chi connectivity index (χ1v) is 11.3. The van der Waals surface area contributed by atoms with Gasteiger partial charge in [-0.25, -0.2) is 12.8 Å². The number of sulfonamides is 1. The second-order valence-corrected chi connectivity index (χ2v) is 9.59. The molecule has 2 heterocycles. The first-order chi connectivity index (χ1) is 14.7. The number of hydrogen-bond acceptors (Lipinski definition) is 5. The summed E-state index contributed by atoms with van der Waals surface area (Å²) in [6.07, 6.45) is 0. The Balaban J connectivity index is 1.51. The van der Waals surface area contributed by atoms with Gasteiger partial charge in [0.2, 0.25) is 10.0 Å². The number of benzene rings is 2. The second-order valence-electron chi connectivity index (χ2n) is 7.25. The van der Waals surface area contributed by atoms with Crippen molar-refractivity contribution < 1.29 is 22.0 Å². The SMILES string of the molecule is Cc1ccc2oc(C(=O)N3CCN(S(=O)(=O)c4ccc(F)c(Cl)c4)CC3)cc(=O)c2c1. The quantitative estimate of drug-likeness (QED) is 0.594. The molecule has 0 aliphatic carbocycles. The molecule has 1 aromatic heterocycles. The lowest BCUT2D eigenvalue weighted by Crippen LogP contribution is -2.50. The van der Waals surface area contributed by atoms with Gasteiger partial charge in [0.05, 0.1) is 15.3 Å². The number of hydrogen-bond donors (Lipinski definition) is 0. The van der Waals surface area contributed by atoms with E-state index < -0.39 is 21.7 Å². The minimum atomic E-state index is -3.88. The molecule has 2 aromatic carbocycles. The number of fused-ring (bicyclic) bond motifs is 1. The molecule has 1 fully saturated rings. The molecule has 10 heteroatoms. The van der Waals surface area contributed by atoms with Crippen molar-refractivity contribution in [3.8, 4) is 0 Å². The van der Waals surface area contributed by atoms with E-state index in [1.807, 2.05) is 6.92 Å². The van der Waals surface area contributed by atoms with E-state index in [1.165, 1.54) is 9.21 Å². The van der Waals surface area contributed by atoms with E-state index in [2.05, 4.69) is 0 Å². The zero-order valence-electron chi connectivity index (χ0n) is 16.5. The average Bonchev–Trinajstić information content (AvgIpc) is 2.75. The van der Waals surface area contributed by atoms with Crippen molar-refractivity contribution in [1.82, 2.24) is 9.21 Å². The molecular formula is C21H18ClFN2O5S. The fraction of sp³-hybridized carbons (Fsp3) is 0.238.